The fourth-order valence-corrected chi connectivity index (χ4v) is 6.50. The number of hydrogen-bond acceptors (Lipinski definition) is 4. The Bertz CT molecular complexity index is 1350. The average molecular weight is 491 g/mol. The Morgan fingerprint density at radius 1 is 1.03 bits per heavy atom. The van der Waals surface area contributed by atoms with E-state index in [2.05, 4.69) is 5.32 Å². The van der Waals surface area contributed by atoms with E-state index in [9.17, 15) is 14.3 Å². The number of thiophene rings is 1. The summed E-state index contributed by atoms with van der Waals surface area (Å²) in [5, 5.41) is 5.37. The van der Waals surface area contributed by atoms with Crippen LogP contribution >= 0.6 is 18.7 Å². The van der Waals surface area contributed by atoms with E-state index >= 15 is 0 Å². The fourth-order valence-electron chi connectivity index (χ4n) is 3.84. The molecule has 0 aliphatic rings. The molecule has 1 aromatic heterocycles. The molecule has 5 nitrogen and oxygen atoms in total. The third kappa shape index (κ3) is 5.31. The number of carbonyl (C=O) groups is 1. The van der Waals surface area contributed by atoms with Gasteiger partial charge in [0.2, 0.25) is 7.37 Å². The van der Waals surface area contributed by atoms with Crippen LogP contribution in [0.3, 0.4) is 0 Å². The van der Waals surface area contributed by atoms with Gasteiger partial charge in [-0.15, -0.1) is 11.3 Å². The molecule has 0 saturated carbocycles. The van der Waals surface area contributed by atoms with Crippen molar-refractivity contribution < 1.29 is 14.3 Å². The van der Waals surface area contributed by atoms with Gasteiger partial charge in [-0.25, -0.2) is 0 Å². The smallest absolute Gasteiger partial charge is 0.255 e. The number of amides is 1. The molecule has 4 rings (SSSR count). The summed E-state index contributed by atoms with van der Waals surface area (Å²) in [7, 11) is -3.60. The van der Waals surface area contributed by atoms with Crippen molar-refractivity contribution in [1.82, 2.24) is 0 Å². The number of anilines is 2. The number of nitrogen functional groups attached to an aromatic ring is 1. The molecule has 1 amide bonds. The molecule has 0 spiro atoms. The molecule has 1 unspecified atom stereocenters. The van der Waals surface area contributed by atoms with Crippen molar-refractivity contribution in [2.45, 2.75) is 25.9 Å². The lowest BCUT2D eigenvalue weighted by Gasteiger charge is -2.18. The van der Waals surface area contributed by atoms with Crippen LogP contribution in [0.15, 0.2) is 84.2 Å². The van der Waals surface area contributed by atoms with E-state index in [1.54, 1.807) is 53.8 Å². The van der Waals surface area contributed by atoms with Gasteiger partial charge < -0.3 is 15.9 Å². The molecule has 0 fully saturated rings. The number of nitrogens with one attached hydrogen (secondary N) is 1. The van der Waals surface area contributed by atoms with Crippen molar-refractivity contribution in [3.63, 3.8) is 0 Å². The Morgan fingerprint density at radius 2 is 1.76 bits per heavy atom. The summed E-state index contributed by atoms with van der Waals surface area (Å²) in [6.45, 7) is 4.02. The van der Waals surface area contributed by atoms with Gasteiger partial charge in [-0.3, -0.25) is 9.36 Å². The maximum atomic E-state index is 13.2. The normalized spacial score (nSPS) is 12.9. The van der Waals surface area contributed by atoms with Crippen molar-refractivity contribution in [2.75, 3.05) is 11.1 Å². The summed E-state index contributed by atoms with van der Waals surface area (Å²) in [6, 6.07) is 23.6. The maximum Gasteiger partial charge on any atom is 0.255 e. The molecular formula is C27H27N2O3PS. The van der Waals surface area contributed by atoms with Crippen LogP contribution in [0.2, 0.25) is 0 Å². The molecule has 3 aromatic carbocycles. The minimum Gasteiger partial charge on any atom is -0.397 e. The van der Waals surface area contributed by atoms with Gasteiger partial charge >= 0.3 is 0 Å². The summed E-state index contributed by atoms with van der Waals surface area (Å²) in [4.78, 5) is 24.8. The topological polar surface area (TPSA) is 92.4 Å². The van der Waals surface area contributed by atoms with E-state index in [0.717, 1.165) is 16.0 Å². The Labute approximate surface area is 203 Å². The molecule has 34 heavy (non-hydrogen) atoms. The van der Waals surface area contributed by atoms with Gasteiger partial charge in [-0.1, -0.05) is 56.3 Å². The first kappa shape index (κ1) is 24.0. The molecule has 1 atom stereocenters. The zero-order valence-corrected chi connectivity index (χ0v) is 20.8. The summed E-state index contributed by atoms with van der Waals surface area (Å²) >= 11 is 1.62. The van der Waals surface area contributed by atoms with Crippen molar-refractivity contribution in [2.24, 2.45) is 0 Å². The van der Waals surface area contributed by atoms with Crippen LogP contribution in [0.1, 0.15) is 41.3 Å². The van der Waals surface area contributed by atoms with Gasteiger partial charge in [0, 0.05) is 15.7 Å². The zero-order valence-electron chi connectivity index (χ0n) is 19.1. The standard InChI is InChI=1S/C27H27N2O3PS/c1-18(2)22-6-3-4-7-25(22)33(31,32)17-19-9-11-20(12-10-19)27(30)29-24-16-21(13-14-23(24)28)26-8-5-15-34-26/h3-16,18H,17,28H2,1-2H3,(H,29,30)(H,31,32). The van der Waals surface area contributed by atoms with Gasteiger partial charge in [0.15, 0.2) is 0 Å². The molecular weight excluding hydrogens is 463 g/mol. The lowest BCUT2D eigenvalue weighted by molar-refractivity contribution is 0.102. The monoisotopic (exact) mass is 490 g/mol. The Balaban J connectivity index is 1.50. The molecule has 0 aliphatic carbocycles. The third-order valence-corrected chi connectivity index (χ3v) is 8.53. The van der Waals surface area contributed by atoms with Gasteiger partial charge in [0.05, 0.1) is 17.5 Å². The second-order valence-electron chi connectivity index (χ2n) is 8.50. The first-order valence-corrected chi connectivity index (χ1v) is 13.7. The summed E-state index contributed by atoms with van der Waals surface area (Å²) in [5.74, 6) is -0.146. The van der Waals surface area contributed by atoms with Crippen molar-refractivity contribution in [1.29, 1.82) is 0 Å². The number of rotatable bonds is 7. The Kier molecular flexibility index (Phi) is 7.03. The average Bonchev–Trinajstić information content (AvgIpc) is 3.36. The molecule has 7 heteroatoms. The SMILES string of the molecule is CC(C)c1ccccc1P(=O)(O)Cc1ccc(C(=O)Nc2cc(-c3cccs3)ccc2N)cc1. The quantitative estimate of drug-likeness (QED) is 0.205. The molecule has 4 N–H and O–H groups in total. The first-order valence-electron chi connectivity index (χ1n) is 11.0. The van der Waals surface area contributed by atoms with E-state index in [1.807, 2.05) is 55.6 Å². The lowest BCUT2D eigenvalue weighted by Crippen LogP contribution is -2.14. The van der Waals surface area contributed by atoms with Crippen LogP contribution in [0.25, 0.3) is 10.4 Å². The highest BCUT2D eigenvalue weighted by atomic mass is 32.1. The Hall–Kier alpha value is -3.18. The van der Waals surface area contributed by atoms with Gasteiger partial charge in [0.1, 0.15) is 0 Å². The predicted octanol–water partition coefficient (Wildman–Crippen LogP) is 6.47. The summed E-state index contributed by atoms with van der Waals surface area (Å²) in [6.07, 6.45) is 0.00837. The zero-order chi connectivity index (χ0) is 24.3. The fraction of sp³-hybridized carbons (Fsp3) is 0.148. The van der Waals surface area contributed by atoms with Crippen molar-refractivity contribution in [3.8, 4) is 10.4 Å². The second kappa shape index (κ2) is 9.98. The highest BCUT2D eigenvalue weighted by Gasteiger charge is 2.26. The molecule has 4 aromatic rings. The molecule has 0 aliphatic heterocycles. The highest BCUT2D eigenvalue weighted by Crippen LogP contribution is 2.45. The number of carbonyl (C=O) groups excluding carboxylic acids is 1. The van der Waals surface area contributed by atoms with E-state index in [1.165, 1.54) is 0 Å². The van der Waals surface area contributed by atoms with Gasteiger partial charge in [-0.2, -0.15) is 0 Å². The van der Waals surface area contributed by atoms with E-state index in [-0.39, 0.29) is 18.0 Å². The van der Waals surface area contributed by atoms with Crippen LogP contribution in [-0.4, -0.2) is 10.8 Å². The highest BCUT2D eigenvalue weighted by molar-refractivity contribution is 7.65. The third-order valence-electron chi connectivity index (χ3n) is 5.66. The first-order chi connectivity index (χ1) is 16.2. The number of benzene rings is 3. The molecule has 0 radical (unpaired) electrons. The van der Waals surface area contributed by atoms with Gasteiger partial charge in [0.25, 0.3) is 5.91 Å². The number of nitrogens with two attached hydrogens (primary N) is 1. The van der Waals surface area contributed by atoms with Crippen LogP contribution in [0.5, 0.6) is 0 Å². The Morgan fingerprint density at radius 3 is 2.44 bits per heavy atom. The van der Waals surface area contributed by atoms with Crippen LogP contribution in [-0.2, 0) is 10.7 Å². The largest absolute Gasteiger partial charge is 0.397 e. The molecule has 174 valence electrons. The summed E-state index contributed by atoms with van der Waals surface area (Å²) < 4.78 is 13.2. The predicted molar refractivity (Wildman–Crippen MR) is 142 cm³/mol. The minimum absolute atomic E-state index is 0.00837. The van der Waals surface area contributed by atoms with E-state index in [0.29, 0.717) is 27.8 Å². The van der Waals surface area contributed by atoms with Crippen LogP contribution in [0.4, 0.5) is 11.4 Å². The molecule has 0 bridgehead atoms. The number of hydrogen-bond donors (Lipinski definition) is 3. The van der Waals surface area contributed by atoms with Crippen molar-refractivity contribution >= 4 is 41.3 Å². The summed E-state index contributed by atoms with van der Waals surface area (Å²) in [5.41, 5.74) is 10.1. The van der Waals surface area contributed by atoms with Crippen LogP contribution in [0, 0.1) is 0 Å². The molecule has 0 saturated heterocycles. The van der Waals surface area contributed by atoms with Gasteiger partial charge in [-0.05, 0) is 64.4 Å². The second-order valence-corrected chi connectivity index (χ2v) is 11.7. The van der Waals surface area contributed by atoms with Crippen LogP contribution < -0.4 is 16.4 Å². The lowest BCUT2D eigenvalue weighted by atomic mass is 10.0. The van der Waals surface area contributed by atoms with Crippen molar-refractivity contribution in [3.05, 3.63) is 101 Å². The maximum absolute atomic E-state index is 13.2. The van der Waals surface area contributed by atoms with E-state index < -0.39 is 7.37 Å². The molecule has 1 heterocycles. The van der Waals surface area contributed by atoms with E-state index in [4.69, 9.17) is 5.73 Å². The minimum atomic E-state index is -3.60.